The van der Waals surface area contributed by atoms with E-state index in [1.165, 1.54) is 38.5 Å². The van der Waals surface area contributed by atoms with Gasteiger partial charge in [-0.2, -0.15) is 0 Å². The summed E-state index contributed by atoms with van der Waals surface area (Å²) >= 11 is 2.27. The molecule has 2 fully saturated rings. The van der Waals surface area contributed by atoms with E-state index in [1.807, 2.05) is 24.3 Å². The number of halogens is 1. The predicted molar refractivity (Wildman–Crippen MR) is 85.2 cm³/mol. The van der Waals surface area contributed by atoms with E-state index in [0.717, 1.165) is 21.6 Å². The second kappa shape index (κ2) is 5.81. The van der Waals surface area contributed by atoms with Gasteiger partial charge in [-0.15, -0.1) is 0 Å². The largest absolute Gasteiger partial charge is 0.335 e. The molecule has 2 atom stereocenters. The smallest absolute Gasteiger partial charge is 0.255 e. The first-order valence-corrected chi connectivity index (χ1v) is 8.41. The minimum atomic E-state index is 0.251. The summed E-state index contributed by atoms with van der Waals surface area (Å²) in [6.45, 7) is 0.949. The van der Waals surface area contributed by atoms with Gasteiger partial charge in [0, 0.05) is 16.2 Å². The number of carbonyl (C=O) groups excluding carboxylic acids is 1. The molecule has 0 radical (unpaired) electrons. The SMILES string of the molecule is O=C(c1ccccc1I)N1CCC[C@H]2CCCC[C@H]21. The zero-order valence-corrected chi connectivity index (χ0v) is 13.3. The van der Waals surface area contributed by atoms with Gasteiger partial charge in [-0.05, 0) is 66.3 Å². The van der Waals surface area contributed by atoms with Crippen molar-refractivity contribution in [1.29, 1.82) is 0 Å². The van der Waals surface area contributed by atoms with Crippen molar-refractivity contribution in [1.82, 2.24) is 4.90 Å². The number of likely N-dealkylation sites (tertiary alicyclic amines) is 1. The standard InChI is InChI=1S/C16H20INO/c17-14-9-3-2-8-13(14)16(19)18-11-5-7-12-6-1-4-10-15(12)18/h2-3,8-9,12,15H,1,4-7,10-11H2/t12-,15-/m1/s1. The Hall–Kier alpha value is -0.580. The van der Waals surface area contributed by atoms with Crippen molar-refractivity contribution in [2.24, 2.45) is 5.92 Å². The maximum atomic E-state index is 12.8. The Balaban J connectivity index is 1.84. The van der Waals surface area contributed by atoms with Crippen LogP contribution < -0.4 is 0 Å². The molecule has 1 amide bonds. The topological polar surface area (TPSA) is 20.3 Å². The number of rotatable bonds is 1. The van der Waals surface area contributed by atoms with E-state index in [9.17, 15) is 4.79 Å². The fourth-order valence-electron chi connectivity index (χ4n) is 3.67. The first-order chi connectivity index (χ1) is 9.27. The summed E-state index contributed by atoms with van der Waals surface area (Å²) in [6, 6.07) is 8.47. The van der Waals surface area contributed by atoms with E-state index in [-0.39, 0.29) is 5.91 Å². The lowest BCUT2D eigenvalue weighted by atomic mass is 9.78. The van der Waals surface area contributed by atoms with Gasteiger partial charge in [0.05, 0.1) is 5.56 Å². The van der Waals surface area contributed by atoms with E-state index in [1.54, 1.807) is 0 Å². The minimum Gasteiger partial charge on any atom is -0.335 e. The van der Waals surface area contributed by atoms with Crippen LogP contribution in [0.3, 0.4) is 0 Å². The Morgan fingerprint density at radius 3 is 2.68 bits per heavy atom. The Kier molecular flexibility index (Phi) is 4.10. The molecule has 19 heavy (non-hydrogen) atoms. The highest BCUT2D eigenvalue weighted by Crippen LogP contribution is 2.36. The molecule has 1 aliphatic carbocycles. The second-order valence-corrected chi connectivity index (χ2v) is 6.89. The number of amides is 1. The Labute approximate surface area is 128 Å². The summed E-state index contributed by atoms with van der Waals surface area (Å²) in [5.74, 6) is 1.01. The molecule has 0 unspecified atom stereocenters. The number of hydrogen-bond acceptors (Lipinski definition) is 1. The van der Waals surface area contributed by atoms with E-state index in [2.05, 4.69) is 27.5 Å². The molecule has 2 aliphatic rings. The van der Waals surface area contributed by atoms with Crippen LogP contribution in [0.5, 0.6) is 0 Å². The molecule has 3 heteroatoms. The number of nitrogens with zero attached hydrogens (tertiary/aromatic N) is 1. The van der Waals surface area contributed by atoms with Crippen molar-refractivity contribution in [2.45, 2.75) is 44.6 Å². The Bertz CT molecular complexity index is 472. The van der Waals surface area contributed by atoms with Crippen molar-refractivity contribution in [3.05, 3.63) is 33.4 Å². The number of fused-ring (bicyclic) bond motifs is 1. The number of piperidine rings is 1. The molecule has 1 aromatic carbocycles. The average Bonchev–Trinajstić information content (AvgIpc) is 2.46. The highest BCUT2D eigenvalue weighted by Gasteiger charge is 2.36. The van der Waals surface area contributed by atoms with Crippen LogP contribution in [0.1, 0.15) is 48.9 Å². The van der Waals surface area contributed by atoms with Gasteiger partial charge in [0.15, 0.2) is 0 Å². The monoisotopic (exact) mass is 369 g/mol. The van der Waals surface area contributed by atoms with Gasteiger partial charge in [-0.3, -0.25) is 4.79 Å². The summed E-state index contributed by atoms with van der Waals surface area (Å²) in [5, 5.41) is 0. The molecule has 0 aromatic heterocycles. The molecule has 1 heterocycles. The van der Waals surface area contributed by atoms with Crippen molar-refractivity contribution < 1.29 is 4.79 Å². The van der Waals surface area contributed by atoms with Crippen molar-refractivity contribution in [2.75, 3.05) is 6.54 Å². The number of carbonyl (C=O) groups is 1. The number of benzene rings is 1. The molecule has 1 aromatic rings. The third-order valence-corrected chi connectivity index (χ3v) is 5.55. The van der Waals surface area contributed by atoms with Gasteiger partial charge in [0.25, 0.3) is 5.91 Å². The quantitative estimate of drug-likeness (QED) is 0.683. The minimum absolute atomic E-state index is 0.251. The van der Waals surface area contributed by atoms with E-state index < -0.39 is 0 Å². The highest BCUT2D eigenvalue weighted by molar-refractivity contribution is 14.1. The van der Waals surface area contributed by atoms with Crippen LogP contribution in [0.15, 0.2) is 24.3 Å². The van der Waals surface area contributed by atoms with Crippen LogP contribution in [-0.4, -0.2) is 23.4 Å². The molecule has 1 saturated heterocycles. The zero-order valence-electron chi connectivity index (χ0n) is 11.1. The maximum absolute atomic E-state index is 12.8. The lowest BCUT2D eigenvalue weighted by molar-refractivity contribution is 0.0389. The van der Waals surface area contributed by atoms with E-state index in [0.29, 0.717) is 6.04 Å². The summed E-state index contributed by atoms with van der Waals surface area (Å²) in [5.41, 5.74) is 0.884. The Morgan fingerprint density at radius 1 is 1.11 bits per heavy atom. The van der Waals surface area contributed by atoms with Crippen LogP contribution in [-0.2, 0) is 0 Å². The molecule has 3 rings (SSSR count). The van der Waals surface area contributed by atoms with Gasteiger partial charge in [-0.1, -0.05) is 25.0 Å². The van der Waals surface area contributed by atoms with Crippen molar-refractivity contribution >= 4 is 28.5 Å². The van der Waals surface area contributed by atoms with Gasteiger partial charge >= 0.3 is 0 Å². The highest BCUT2D eigenvalue weighted by atomic mass is 127. The molecular formula is C16H20INO. The van der Waals surface area contributed by atoms with Crippen LogP contribution in [0.4, 0.5) is 0 Å². The lowest BCUT2D eigenvalue weighted by Gasteiger charge is -2.44. The number of hydrogen-bond donors (Lipinski definition) is 0. The average molecular weight is 369 g/mol. The van der Waals surface area contributed by atoms with Gasteiger partial charge in [-0.25, -0.2) is 0 Å². The van der Waals surface area contributed by atoms with Crippen molar-refractivity contribution in [3.63, 3.8) is 0 Å². The van der Waals surface area contributed by atoms with Gasteiger partial charge < -0.3 is 4.90 Å². The normalized spacial score (nSPS) is 26.9. The molecule has 102 valence electrons. The van der Waals surface area contributed by atoms with Crippen LogP contribution in [0.25, 0.3) is 0 Å². The fourth-order valence-corrected chi connectivity index (χ4v) is 4.28. The van der Waals surface area contributed by atoms with E-state index >= 15 is 0 Å². The summed E-state index contributed by atoms with van der Waals surface area (Å²) in [4.78, 5) is 15.0. The molecule has 1 aliphatic heterocycles. The third kappa shape index (κ3) is 2.67. The molecular weight excluding hydrogens is 349 g/mol. The zero-order chi connectivity index (χ0) is 13.2. The fraction of sp³-hybridized carbons (Fsp3) is 0.562. The molecule has 0 spiro atoms. The summed E-state index contributed by atoms with van der Waals surface area (Å²) < 4.78 is 1.07. The van der Waals surface area contributed by atoms with Crippen LogP contribution in [0, 0.1) is 9.49 Å². The van der Waals surface area contributed by atoms with Crippen LogP contribution >= 0.6 is 22.6 Å². The molecule has 1 saturated carbocycles. The second-order valence-electron chi connectivity index (χ2n) is 5.73. The maximum Gasteiger partial charge on any atom is 0.255 e. The lowest BCUT2D eigenvalue weighted by Crippen LogP contribution is -2.49. The molecule has 0 N–H and O–H groups in total. The van der Waals surface area contributed by atoms with Gasteiger partial charge in [0.2, 0.25) is 0 Å². The summed E-state index contributed by atoms with van der Waals surface area (Å²) in [7, 11) is 0. The third-order valence-electron chi connectivity index (χ3n) is 4.61. The first kappa shape index (κ1) is 13.4. The van der Waals surface area contributed by atoms with Crippen LogP contribution in [0.2, 0.25) is 0 Å². The molecule has 2 nitrogen and oxygen atoms in total. The Morgan fingerprint density at radius 2 is 1.84 bits per heavy atom. The van der Waals surface area contributed by atoms with E-state index in [4.69, 9.17) is 0 Å². The first-order valence-electron chi connectivity index (χ1n) is 7.33. The molecule has 0 bridgehead atoms. The van der Waals surface area contributed by atoms with Gasteiger partial charge in [0.1, 0.15) is 0 Å². The summed E-state index contributed by atoms with van der Waals surface area (Å²) in [6.07, 6.45) is 7.67. The predicted octanol–water partition coefficient (Wildman–Crippen LogP) is 4.09. The van der Waals surface area contributed by atoms with Crippen molar-refractivity contribution in [3.8, 4) is 0 Å².